The summed E-state index contributed by atoms with van der Waals surface area (Å²) in [4.78, 5) is 15.4. The molecule has 0 bridgehead atoms. The highest BCUT2D eigenvalue weighted by molar-refractivity contribution is 7.90. The number of sulfonamides is 1. The molecule has 0 aromatic heterocycles. The van der Waals surface area contributed by atoms with E-state index in [0.717, 1.165) is 27.8 Å². The first-order valence-electron chi connectivity index (χ1n) is 10.5. The average molecular weight is 450 g/mol. The third-order valence-electron chi connectivity index (χ3n) is 5.96. The van der Waals surface area contributed by atoms with Crippen LogP contribution in [0.25, 0.3) is 0 Å². The van der Waals surface area contributed by atoms with Gasteiger partial charge >= 0.3 is 0 Å². The Morgan fingerprint density at radius 2 is 1.66 bits per heavy atom. The van der Waals surface area contributed by atoms with E-state index in [-0.39, 0.29) is 4.90 Å². The Hall–Kier alpha value is -3.16. The van der Waals surface area contributed by atoms with Gasteiger partial charge in [0.15, 0.2) is 0 Å². The minimum Gasteiger partial charge on any atom is -0.399 e. The lowest BCUT2D eigenvalue weighted by atomic mass is 9.99. The maximum absolute atomic E-state index is 13.3. The number of nitrogens with two attached hydrogens (primary N) is 1. The number of carbonyl (C=O) groups is 1. The lowest BCUT2D eigenvalue weighted by Crippen LogP contribution is -2.39. The Morgan fingerprint density at radius 1 is 1.03 bits per heavy atom. The van der Waals surface area contributed by atoms with Crippen LogP contribution in [0.3, 0.4) is 0 Å². The summed E-state index contributed by atoms with van der Waals surface area (Å²) in [6, 6.07) is 17.0. The van der Waals surface area contributed by atoms with Crippen molar-refractivity contribution in [2.45, 2.75) is 44.8 Å². The van der Waals surface area contributed by atoms with Crippen LogP contribution in [0.5, 0.6) is 0 Å². The minimum absolute atomic E-state index is 0.00288. The minimum atomic E-state index is -4.02. The summed E-state index contributed by atoms with van der Waals surface area (Å²) in [5.41, 5.74) is 12.6. The molecular formula is C25H27N3O3S. The van der Waals surface area contributed by atoms with E-state index in [4.69, 9.17) is 5.73 Å². The third kappa shape index (κ3) is 4.26. The van der Waals surface area contributed by atoms with Crippen molar-refractivity contribution in [1.29, 1.82) is 0 Å². The number of anilines is 1. The molecule has 7 heteroatoms. The summed E-state index contributed by atoms with van der Waals surface area (Å²) in [7, 11) is -4.02. The van der Waals surface area contributed by atoms with Gasteiger partial charge in [0.25, 0.3) is 15.9 Å². The van der Waals surface area contributed by atoms with E-state index < -0.39 is 22.0 Å². The van der Waals surface area contributed by atoms with Gasteiger partial charge in [-0.1, -0.05) is 42.0 Å². The molecule has 1 atom stereocenters. The molecule has 0 fully saturated rings. The van der Waals surface area contributed by atoms with Gasteiger partial charge in [-0.3, -0.25) is 9.69 Å². The molecule has 4 rings (SSSR count). The van der Waals surface area contributed by atoms with Crippen molar-refractivity contribution < 1.29 is 13.2 Å². The number of hydrogen-bond acceptors (Lipinski definition) is 5. The Balaban J connectivity index is 1.66. The SMILES string of the molecule is Cc1cc(C)c(CN2Cc3ccccc3C2C(=O)NS(=O)(=O)c2ccc(N)cc2)c(C)c1. The fraction of sp³-hybridized carbons (Fsp3) is 0.240. The molecule has 0 saturated heterocycles. The van der Waals surface area contributed by atoms with Crippen molar-refractivity contribution in [3.05, 3.63) is 94.0 Å². The van der Waals surface area contributed by atoms with E-state index in [9.17, 15) is 13.2 Å². The molecule has 1 unspecified atom stereocenters. The average Bonchev–Trinajstić information content (AvgIpc) is 3.09. The molecule has 3 aromatic carbocycles. The molecular weight excluding hydrogens is 422 g/mol. The molecule has 32 heavy (non-hydrogen) atoms. The molecule has 1 aliphatic rings. The standard InChI is InChI=1S/C25H27N3O3S/c1-16-12-17(2)23(18(3)13-16)15-28-14-19-6-4-5-7-22(19)24(28)25(29)27-32(30,31)21-10-8-20(26)9-11-21/h4-13,24H,14-15,26H2,1-3H3,(H,27,29). The Kier molecular flexibility index (Phi) is 5.79. The first-order chi connectivity index (χ1) is 15.2. The van der Waals surface area contributed by atoms with Gasteiger partial charge in [-0.05, 0) is 72.9 Å². The van der Waals surface area contributed by atoms with Gasteiger partial charge in [0.1, 0.15) is 6.04 Å². The number of hydrogen-bond donors (Lipinski definition) is 2. The fourth-order valence-corrected chi connectivity index (χ4v) is 5.45. The van der Waals surface area contributed by atoms with E-state index in [2.05, 4.69) is 37.6 Å². The molecule has 0 radical (unpaired) electrons. The maximum Gasteiger partial charge on any atom is 0.264 e. The van der Waals surface area contributed by atoms with Crippen LogP contribution in [0.2, 0.25) is 0 Å². The van der Waals surface area contributed by atoms with Crippen LogP contribution < -0.4 is 10.5 Å². The van der Waals surface area contributed by atoms with Gasteiger partial charge in [0.05, 0.1) is 4.90 Å². The molecule has 3 aromatic rings. The number of rotatable bonds is 5. The second-order valence-electron chi connectivity index (χ2n) is 8.42. The molecule has 1 amide bonds. The summed E-state index contributed by atoms with van der Waals surface area (Å²) < 4.78 is 28.0. The second kappa shape index (κ2) is 8.41. The molecule has 0 aliphatic carbocycles. The van der Waals surface area contributed by atoms with Crippen molar-refractivity contribution in [2.24, 2.45) is 0 Å². The number of benzene rings is 3. The fourth-order valence-electron chi connectivity index (χ4n) is 4.46. The van der Waals surface area contributed by atoms with E-state index in [1.54, 1.807) is 0 Å². The van der Waals surface area contributed by atoms with Crippen LogP contribution in [-0.4, -0.2) is 19.2 Å². The van der Waals surface area contributed by atoms with Crippen LogP contribution in [-0.2, 0) is 27.9 Å². The molecule has 0 saturated carbocycles. The smallest absolute Gasteiger partial charge is 0.264 e. The van der Waals surface area contributed by atoms with Crippen LogP contribution in [0.1, 0.15) is 39.4 Å². The van der Waals surface area contributed by atoms with Crippen molar-refractivity contribution in [3.63, 3.8) is 0 Å². The van der Waals surface area contributed by atoms with Crippen LogP contribution >= 0.6 is 0 Å². The predicted octanol–water partition coefficient (Wildman–Crippen LogP) is 3.76. The molecule has 3 N–H and O–H groups in total. The quantitative estimate of drug-likeness (QED) is 0.579. The maximum atomic E-state index is 13.3. The van der Waals surface area contributed by atoms with Gasteiger partial charge in [0, 0.05) is 18.8 Å². The zero-order chi connectivity index (χ0) is 23.0. The first-order valence-corrected chi connectivity index (χ1v) is 11.9. The van der Waals surface area contributed by atoms with Gasteiger partial charge in [-0.15, -0.1) is 0 Å². The monoisotopic (exact) mass is 449 g/mol. The zero-order valence-corrected chi connectivity index (χ0v) is 19.2. The van der Waals surface area contributed by atoms with Gasteiger partial charge in [-0.2, -0.15) is 0 Å². The number of amides is 1. The summed E-state index contributed by atoms with van der Waals surface area (Å²) in [5, 5.41) is 0. The Bertz CT molecular complexity index is 1260. The normalized spacial score (nSPS) is 16.0. The largest absolute Gasteiger partial charge is 0.399 e. The topological polar surface area (TPSA) is 92.5 Å². The van der Waals surface area contributed by atoms with Crippen LogP contribution in [0.15, 0.2) is 65.6 Å². The number of aryl methyl sites for hydroxylation is 3. The van der Waals surface area contributed by atoms with Crippen molar-refractivity contribution in [3.8, 4) is 0 Å². The number of nitrogens with zero attached hydrogens (tertiary/aromatic N) is 1. The number of nitrogen functional groups attached to an aromatic ring is 1. The van der Waals surface area contributed by atoms with Gasteiger partial charge in [0.2, 0.25) is 0 Å². The molecule has 1 heterocycles. The van der Waals surface area contributed by atoms with E-state index in [1.165, 1.54) is 29.8 Å². The lowest BCUT2D eigenvalue weighted by molar-refractivity contribution is -0.124. The van der Waals surface area contributed by atoms with E-state index in [0.29, 0.717) is 18.8 Å². The molecule has 166 valence electrons. The highest BCUT2D eigenvalue weighted by Gasteiger charge is 2.37. The van der Waals surface area contributed by atoms with Crippen molar-refractivity contribution in [2.75, 3.05) is 5.73 Å². The summed E-state index contributed by atoms with van der Waals surface area (Å²) in [5.74, 6) is -0.561. The summed E-state index contributed by atoms with van der Waals surface area (Å²) >= 11 is 0. The number of carbonyl (C=O) groups excluding carboxylic acids is 1. The van der Waals surface area contributed by atoms with E-state index >= 15 is 0 Å². The first kappa shape index (κ1) is 22.0. The summed E-state index contributed by atoms with van der Waals surface area (Å²) in [6.45, 7) is 7.32. The highest BCUT2D eigenvalue weighted by atomic mass is 32.2. The Labute approximate surface area is 189 Å². The lowest BCUT2D eigenvalue weighted by Gasteiger charge is -2.26. The van der Waals surface area contributed by atoms with Crippen LogP contribution in [0.4, 0.5) is 5.69 Å². The molecule has 0 spiro atoms. The van der Waals surface area contributed by atoms with Gasteiger partial charge < -0.3 is 5.73 Å². The molecule has 6 nitrogen and oxygen atoms in total. The van der Waals surface area contributed by atoms with Gasteiger partial charge in [-0.25, -0.2) is 13.1 Å². The second-order valence-corrected chi connectivity index (χ2v) is 10.1. The van der Waals surface area contributed by atoms with E-state index in [1.807, 2.05) is 29.2 Å². The highest BCUT2D eigenvalue weighted by Crippen LogP contribution is 2.36. The molecule has 1 aliphatic heterocycles. The Morgan fingerprint density at radius 3 is 2.31 bits per heavy atom. The number of nitrogens with one attached hydrogen (secondary N) is 1. The zero-order valence-electron chi connectivity index (χ0n) is 18.4. The van der Waals surface area contributed by atoms with Crippen LogP contribution in [0, 0.1) is 20.8 Å². The van der Waals surface area contributed by atoms with Crippen molar-refractivity contribution >= 4 is 21.6 Å². The predicted molar refractivity (Wildman–Crippen MR) is 125 cm³/mol. The summed E-state index contributed by atoms with van der Waals surface area (Å²) in [6.07, 6.45) is 0. The third-order valence-corrected chi connectivity index (χ3v) is 7.33. The van der Waals surface area contributed by atoms with Crippen molar-refractivity contribution in [1.82, 2.24) is 9.62 Å². The number of fused-ring (bicyclic) bond motifs is 1.